The standard InChI is InChI=1S/C8H10O3S/c1-11-6-7-3-2-4-8(5-7)12(9)10/h2-5,12H,6H2,1H3. The van der Waals surface area contributed by atoms with E-state index in [4.69, 9.17) is 4.74 Å². The molecule has 0 bridgehead atoms. The lowest BCUT2D eigenvalue weighted by Gasteiger charge is -1.98. The van der Waals surface area contributed by atoms with Gasteiger partial charge in [-0.1, -0.05) is 12.1 Å². The number of hydrogen-bond donors (Lipinski definition) is 1. The Morgan fingerprint density at radius 3 is 2.75 bits per heavy atom. The Balaban J connectivity index is 2.95. The number of hydrogen-bond acceptors (Lipinski definition) is 3. The second-order valence-electron chi connectivity index (χ2n) is 2.36. The molecular weight excluding hydrogens is 176 g/mol. The van der Waals surface area contributed by atoms with E-state index in [2.05, 4.69) is 0 Å². The van der Waals surface area contributed by atoms with Crippen molar-refractivity contribution in [1.82, 2.24) is 0 Å². The molecule has 0 aliphatic rings. The largest absolute Gasteiger partial charge is 0.380 e. The van der Waals surface area contributed by atoms with Crippen molar-refractivity contribution in [2.75, 3.05) is 7.11 Å². The van der Waals surface area contributed by atoms with Gasteiger partial charge < -0.3 is 4.74 Å². The summed E-state index contributed by atoms with van der Waals surface area (Å²) in [4.78, 5) is 0.333. The molecule has 66 valence electrons. The molecule has 0 aliphatic heterocycles. The fourth-order valence-corrected chi connectivity index (χ4v) is 1.41. The van der Waals surface area contributed by atoms with Crippen molar-refractivity contribution in [2.45, 2.75) is 11.5 Å². The highest BCUT2D eigenvalue weighted by atomic mass is 32.2. The average molecular weight is 186 g/mol. The van der Waals surface area contributed by atoms with Gasteiger partial charge in [0.05, 0.1) is 11.5 Å². The first-order valence-corrected chi connectivity index (χ1v) is 4.64. The summed E-state index contributed by atoms with van der Waals surface area (Å²) in [6.07, 6.45) is 0. The van der Waals surface area contributed by atoms with Crippen molar-refractivity contribution in [3.05, 3.63) is 29.8 Å². The molecule has 0 aromatic heterocycles. The number of methoxy groups -OCH3 is 1. The van der Waals surface area contributed by atoms with Crippen molar-refractivity contribution in [3.63, 3.8) is 0 Å². The molecule has 0 aliphatic carbocycles. The molecule has 0 amide bonds. The minimum Gasteiger partial charge on any atom is -0.380 e. The third kappa shape index (κ3) is 2.32. The monoisotopic (exact) mass is 186 g/mol. The number of benzene rings is 1. The predicted molar refractivity (Wildman–Crippen MR) is 45.7 cm³/mol. The van der Waals surface area contributed by atoms with Gasteiger partial charge in [0, 0.05) is 7.11 Å². The van der Waals surface area contributed by atoms with Crippen LogP contribution < -0.4 is 0 Å². The smallest absolute Gasteiger partial charge is 0.168 e. The van der Waals surface area contributed by atoms with E-state index >= 15 is 0 Å². The van der Waals surface area contributed by atoms with Crippen LogP contribution >= 0.6 is 0 Å². The SMILES string of the molecule is COCc1cccc([SH](=O)=O)c1. The van der Waals surface area contributed by atoms with Crippen LogP contribution in [0.1, 0.15) is 5.56 Å². The predicted octanol–water partition coefficient (Wildman–Crippen LogP) is 0.803. The van der Waals surface area contributed by atoms with Gasteiger partial charge >= 0.3 is 0 Å². The fourth-order valence-electron chi connectivity index (χ4n) is 0.926. The summed E-state index contributed by atoms with van der Waals surface area (Å²) in [6.45, 7) is 0.441. The van der Waals surface area contributed by atoms with E-state index in [1.807, 2.05) is 6.07 Å². The van der Waals surface area contributed by atoms with Crippen LogP contribution in [0.25, 0.3) is 0 Å². The van der Waals surface area contributed by atoms with E-state index in [0.29, 0.717) is 11.5 Å². The first-order chi connectivity index (χ1) is 5.74. The van der Waals surface area contributed by atoms with E-state index in [-0.39, 0.29) is 0 Å². The lowest BCUT2D eigenvalue weighted by molar-refractivity contribution is 0.184. The molecule has 1 rings (SSSR count). The summed E-state index contributed by atoms with van der Waals surface area (Å²) < 4.78 is 26.0. The number of rotatable bonds is 3. The van der Waals surface area contributed by atoms with Gasteiger partial charge in [0.15, 0.2) is 10.7 Å². The maximum Gasteiger partial charge on any atom is 0.168 e. The molecule has 0 radical (unpaired) electrons. The first kappa shape index (κ1) is 9.22. The second kappa shape index (κ2) is 4.23. The Morgan fingerprint density at radius 2 is 2.17 bits per heavy atom. The van der Waals surface area contributed by atoms with Crippen molar-refractivity contribution >= 4 is 10.7 Å². The zero-order valence-electron chi connectivity index (χ0n) is 6.69. The summed E-state index contributed by atoms with van der Waals surface area (Å²) in [6, 6.07) is 6.70. The van der Waals surface area contributed by atoms with Crippen LogP contribution in [0.3, 0.4) is 0 Å². The Kier molecular flexibility index (Phi) is 3.25. The molecule has 0 fully saturated rings. The maximum atomic E-state index is 10.6. The molecule has 0 atom stereocenters. The molecule has 4 heteroatoms. The summed E-state index contributed by atoms with van der Waals surface area (Å²) in [5, 5.41) is 0. The molecule has 0 unspecified atom stereocenters. The van der Waals surface area contributed by atoms with Gasteiger partial charge in [-0.05, 0) is 17.7 Å². The second-order valence-corrected chi connectivity index (χ2v) is 3.39. The lowest BCUT2D eigenvalue weighted by Crippen LogP contribution is -1.88. The minimum atomic E-state index is -2.48. The summed E-state index contributed by atoms with van der Waals surface area (Å²) >= 11 is 0. The molecule has 3 nitrogen and oxygen atoms in total. The van der Waals surface area contributed by atoms with E-state index in [0.717, 1.165) is 5.56 Å². The molecule has 0 spiro atoms. The third-order valence-electron chi connectivity index (χ3n) is 1.43. The normalized spacial score (nSPS) is 10.5. The Morgan fingerprint density at radius 1 is 1.42 bits per heavy atom. The van der Waals surface area contributed by atoms with Crippen LogP contribution in [-0.4, -0.2) is 15.5 Å². The molecule has 1 aromatic rings. The molecule has 0 saturated carbocycles. The Bertz CT molecular complexity index is 323. The van der Waals surface area contributed by atoms with Crippen LogP contribution in [0, 0.1) is 0 Å². The molecular formula is C8H10O3S. The van der Waals surface area contributed by atoms with Gasteiger partial charge in [0.25, 0.3) is 0 Å². The summed E-state index contributed by atoms with van der Waals surface area (Å²) in [5.74, 6) is 0. The quantitative estimate of drug-likeness (QED) is 0.710. The summed E-state index contributed by atoms with van der Waals surface area (Å²) in [5.41, 5.74) is 0.870. The highest BCUT2D eigenvalue weighted by Crippen LogP contribution is 2.06. The number of thiol groups is 1. The molecule has 1 aromatic carbocycles. The van der Waals surface area contributed by atoms with E-state index in [1.165, 1.54) is 0 Å². The van der Waals surface area contributed by atoms with E-state index in [1.54, 1.807) is 25.3 Å². The van der Waals surface area contributed by atoms with Gasteiger partial charge in [-0.15, -0.1) is 0 Å². The Labute approximate surface area is 72.9 Å². The van der Waals surface area contributed by atoms with Crippen molar-refractivity contribution in [2.24, 2.45) is 0 Å². The fraction of sp³-hybridized carbons (Fsp3) is 0.250. The maximum absolute atomic E-state index is 10.6. The molecule has 0 N–H and O–H groups in total. The first-order valence-electron chi connectivity index (χ1n) is 3.46. The van der Waals surface area contributed by atoms with Crippen molar-refractivity contribution < 1.29 is 13.2 Å². The average Bonchev–Trinajstić information content (AvgIpc) is 2.05. The topological polar surface area (TPSA) is 43.4 Å². The highest BCUT2D eigenvalue weighted by Gasteiger charge is 1.96. The molecule has 0 saturated heterocycles. The zero-order valence-corrected chi connectivity index (χ0v) is 7.58. The Hall–Kier alpha value is -0.870. The van der Waals surface area contributed by atoms with Gasteiger partial charge in [-0.25, -0.2) is 8.42 Å². The lowest BCUT2D eigenvalue weighted by atomic mass is 10.2. The third-order valence-corrected chi connectivity index (χ3v) is 2.13. The van der Waals surface area contributed by atoms with Crippen LogP contribution in [0.5, 0.6) is 0 Å². The van der Waals surface area contributed by atoms with Crippen LogP contribution in [0.15, 0.2) is 29.2 Å². The van der Waals surface area contributed by atoms with Crippen LogP contribution in [0.4, 0.5) is 0 Å². The summed E-state index contributed by atoms with van der Waals surface area (Å²) in [7, 11) is -0.905. The van der Waals surface area contributed by atoms with Gasteiger partial charge in [-0.3, -0.25) is 0 Å². The van der Waals surface area contributed by atoms with Crippen molar-refractivity contribution in [1.29, 1.82) is 0 Å². The van der Waals surface area contributed by atoms with Crippen LogP contribution in [0.2, 0.25) is 0 Å². The minimum absolute atomic E-state index is 0.333. The van der Waals surface area contributed by atoms with E-state index < -0.39 is 10.7 Å². The van der Waals surface area contributed by atoms with Gasteiger partial charge in [0.1, 0.15) is 0 Å². The zero-order chi connectivity index (χ0) is 8.97. The van der Waals surface area contributed by atoms with Gasteiger partial charge in [0.2, 0.25) is 0 Å². The van der Waals surface area contributed by atoms with Gasteiger partial charge in [-0.2, -0.15) is 0 Å². The molecule has 0 heterocycles. The molecule has 12 heavy (non-hydrogen) atoms. The van der Waals surface area contributed by atoms with Crippen LogP contribution in [-0.2, 0) is 22.0 Å². The van der Waals surface area contributed by atoms with Crippen molar-refractivity contribution in [3.8, 4) is 0 Å². The highest BCUT2D eigenvalue weighted by molar-refractivity contribution is 7.72. The van der Waals surface area contributed by atoms with E-state index in [9.17, 15) is 8.42 Å². The number of ether oxygens (including phenoxy) is 1.